The molecule has 2 heteroatoms. The first kappa shape index (κ1) is 9.04. The van der Waals surface area contributed by atoms with Crippen molar-refractivity contribution < 1.29 is 0 Å². The van der Waals surface area contributed by atoms with E-state index in [1.165, 1.54) is 11.1 Å². The average molecular weight is 164 g/mol. The average Bonchev–Trinajstić information content (AvgIpc) is 2.05. The number of hydrogen-bond donors (Lipinski definition) is 1. The third-order valence-electron chi connectivity index (χ3n) is 2.46. The van der Waals surface area contributed by atoms with Crippen LogP contribution in [0.4, 0.5) is 0 Å². The number of hydrazone groups is 1. The standard InChI is InChI=1S/C10H16N2/c1-7(2)9-5-4-8(3)10(6-9)12-11/h4,9H,1,5-6,11H2,2-3H3/b12-10+. The molecule has 0 aromatic rings. The molecule has 0 amide bonds. The van der Waals surface area contributed by atoms with E-state index in [1.807, 2.05) is 0 Å². The molecule has 0 fully saturated rings. The summed E-state index contributed by atoms with van der Waals surface area (Å²) in [4.78, 5) is 0. The topological polar surface area (TPSA) is 38.4 Å². The molecule has 12 heavy (non-hydrogen) atoms. The van der Waals surface area contributed by atoms with Crippen LogP contribution in [-0.2, 0) is 0 Å². The molecule has 0 spiro atoms. The molecule has 2 N–H and O–H groups in total. The van der Waals surface area contributed by atoms with Gasteiger partial charge >= 0.3 is 0 Å². The fourth-order valence-electron chi connectivity index (χ4n) is 1.44. The van der Waals surface area contributed by atoms with Crippen molar-refractivity contribution in [3.8, 4) is 0 Å². The summed E-state index contributed by atoms with van der Waals surface area (Å²) in [6, 6.07) is 0. The van der Waals surface area contributed by atoms with Crippen LogP contribution >= 0.6 is 0 Å². The van der Waals surface area contributed by atoms with E-state index in [-0.39, 0.29) is 0 Å². The summed E-state index contributed by atoms with van der Waals surface area (Å²) in [6.07, 6.45) is 4.23. The normalized spacial score (nSPS) is 27.0. The van der Waals surface area contributed by atoms with Crippen molar-refractivity contribution in [2.45, 2.75) is 26.7 Å². The van der Waals surface area contributed by atoms with E-state index in [4.69, 9.17) is 5.84 Å². The van der Waals surface area contributed by atoms with Gasteiger partial charge in [-0.3, -0.25) is 0 Å². The van der Waals surface area contributed by atoms with Crippen LogP contribution in [0, 0.1) is 5.92 Å². The van der Waals surface area contributed by atoms with Crippen LogP contribution in [0.2, 0.25) is 0 Å². The first-order chi connectivity index (χ1) is 5.65. The van der Waals surface area contributed by atoms with Crippen LogP contribution in [0.15, 0.2) is 28.9 Å². The molecule has 1 rings (SSSR count). The Hall–Kier alpha value is -1.05. The Kier molecular flexibility index (Phi) is 2.69. The second-order valence-electron chi connectivity index (χ2n) is 3.45. The highest BCUT2D eigenvalue weighted by molar-refractivity contribution is 6.00. The molecule has 0 bridgehead atoms. The highest BCUT2D eigenvalue weighted by Crippen LogP contribution is 2.25. The van der Waals surface area contributed by atoms with E-state index < -0.39 is 0 Å². The van der Waals surface area contributed by atoms with Crippen LogP contribution in [0.5, 0.6) is 0 Å². The number of rotatable bonds is 1. The third kappa shape index (κ3) is 1.76. The SMILES string of the molecule is C=C(C)C1CC=C(C)/C(=N/N)C1. The zero-order valence-electron chi connectivity index (χ0n) is 7.80. The van der Waals surface area contributed by atoms with Crippen molar-refractivity contribution in [2.24, 2.45) is 16.9 Å². The van der Waals surface area contributed by atoms with Gasteiger partial charge in [0.15, 0.2) is 0 Å². The molecular formula is C10H16N2. The molecule has 0 saturated carbocycles. The zero-order chi connectivity index (χ0) is 9.14. The van der Waals surface area contributed by atoms with Gasteiger partial charge in [-0.2, -0.15) is 5.10 Å². The van der Waals surface area contributed by atoms with Gasteiger partial charge in [0.25, 0.3) is 0 Å². The van der Waals surface area contributed by atoms with Crippen LogP contribution in [0.3, 0.4) is 0 Å². The van der Waals surface area contributed by atoms with Crippen LogP contribution in [0.25, 0.3) is 0 Å². The quantitative estimate of drug-likeness (QED) is 0.360. The molecule has 66 valence electrons. The summed E-state index contributed by atoms with van der Waals surface area (Å²) < 4.78 is 0. The van der Waals surface area contributed by atoms with Crippen LogP contribution in [0.1, 0.15) is 26.7 Å². The molecule has 2 nitrogen and oxygen atoms in total. The lowest BCUT2D eigenvalue weighted by molar-refractivity contribution is 0.638. The van der Waals surface area contributed by atoms with Crippen molar-refractivity contribution in [2.75, 3.05) is 0 Å². The van der Waals surface area contributed by atoms with Gasteiger partial charge in [0.1, 0.15) is 0 Å². The second kappa shape index (κ2) is 3.57. The van der Waals surface area contributed by atoms with E-state index in [2.05, 4.69) is 31.6 Å². The molecule has 1 unspecified atom stereocenters. The van der Waals surface area contributed by atoms with E-state index in [0.717, 1.165) is 18.6 Å². The Bertz CT molecular complexity index is 249. The van der Waals surface area contributed by atoms with Crippen molar-refractivity contribution in [3.05, 3.63) is 23.8 Å². The van der Waals surface area contributed by atoms with E-state index in [0.29, 0.717) is 5.92 Å². The smallest absolute Gasteiger partial charge is 0.0632 e. The molecule has 0 saturated heterocycles. The first-order valence-corrected chi connectivity index (χ1v) is 4.24. The predicted molar refractivity (Wildman–Crippen MR) is 52.9 cm³/mol. The first-order valence-electron chi connectivity index (χ1n) is 4.24. The summed E-state index contributed by atoms with van der Waals surface area (Å²) in [6.45, 7) is 8.07. The summed E-state index contributed by atoms with van der Waals surface area (Å²) in [5.41, 5.74) is 3.46. The summed E-state index contributed by atoms with van der Waals surface area (Å²) >= 11 is 0. The highest BCUT2D eigenvalue weighted by atomic mass is 15.1. The Labute approximate surface area is 73.8 Å². The molecule has 1 aliphatic carbocycles. The van der Waals surface area contributed by atoms with Gasteiger partial charge in [-0.05, 0) is 38.2 Å². The molecule has 0 aromatic heterocycles. The summed E-state index contributed by atoms with van der Waals surface area (Å²) in [7, 11) is 0. The molecule has 0 radical (unpaired) electrons. The lowest BCUT2D eigenvalue weighted by Gasteiger charge is -2.21. The van der Waals surface area contributed by atoms with E-state index >= 15 is 0 Å². The Morgan fingerprint density at radius 1 is 1.75 bits per heavy atom. The largest absolute Gasteiger partial charge is 0.323 e. The Balaban J connectivity index is 2.78. The van der Waals surface area contributed by atoms with E-state index in [1.54, 1.807) is 0 Å². The minimum atomic E-state index is 0.538. The van der Waals surface area contributed by atoms with Gasteiger partial charge < -0.3 is 5.84 Å². The molecule has 0 aromatic carbocycles. The van der Waals surface area contributed by atoms with Gasteiger partial charge in [0.05, 0.1) is 5.71 Å². The third-order valence-corrected chi connectivity index (χ3v) is 2.46. The summed E-state index contributed by atoms with van der Waals surface area (Å²) in [5.74, 6) is 5.81. The monoisotopic (exact) mass is 164 g/mol. The van der Waals surface area contributed by atoms with Gasteiger partial charge in [0.2, 0.25) is 0 Å². The lowest BCUT2D eigenvalue weighted by Crippen LogP contribution is -2.16. The maximum atomic E-state index is 5.27. The van der Waals surface area contributed by atoms with Crippen molar-refractivity contribution in [1.82, 2.24) is 0 Å². The van der Waals surface area contributed by atoms with Crippen molar-refractivity contribution >= 4 is 5.71 Å². The highest BCUT2D eigenvalue weighted by Gasteiger charge is 2.17. The minimum Gasteiger partial charge on any atom is -0.323 e. The zero-order valence-corrected chi connectivity index (χ0v) is 7.80. The second-order valence-corrected chi connectivity index (χ2v) is 3.45. The predicted octanol–water partition coefficient (Wildman–Crippen LogP) is 2.23. The number of nitrogens with zero attached hydrogens (tertiary/aromatic N) is 1. The molecular weight excluding hydrogens is 148 g/mol. The number of hydrogen-bond acceptors (Lipinski definition) is 2. The van der Waals surface area contributed by atoms with Crippen LogP contribution in [-0.4, -0.2) is 5.71 Å². The van der Waals surface area contributed by atoms with Gasteiger partial charge in [-0.25, -0.2) is 0 Å². The van der Waals surface area contributed by atoms with Crippen molar-refractivity contribution in [3.63, 3.8) is 0 Å². The minimum absolute atomic E-state index is 0.538. The Morgan fingerprint density at radius 2 is 2.42 bits per heavy atom. The van der Waals surface area contributed by atoms with E-state index in [9.17, 15) is 0 Å². The fraction of sp³-hybridized carbons (Fsp3) is 0.500. The van der Waals surface area contributed by atoms with Gasteiger partial charge in [-0.15, -0.1) is 0 Å². The Morgan fingerprint density at radius 3 is 2.92 bits per heavy atom. The van der Waals surface area contributed by atoms with Crippen LogP contribution < -0.4 is 5.84 Å². The molecule has 1 atom stereocenters. The maximum absolute atomic E-state index is 5.27. The van der Waals surface area contributed by atoms with Crippen molar-refractivity contribution in [1.29, 1.82) is 0 Å². The maximum Gasteiger partial charge on any atom is 0.0632 e. The number of nitrogens with two attached hydrogens (primary N) is 1. The van der Waals surface area contributed by atoms with Gasteiger partial charge in [0, 0.05) is 0 Å². The molecule has 1 aliphatic rings. The van der Waals surface area contributed by atoms with Gasteiger partial charge in [-0.1, -0.05) is 18.2 Å². The number of allylic oxidation sites excluding steroid dienone is 3. The fourth-order valence-corrected chi connectivity index (χ4v) is 1.44. The molecule has 0 aliphatic heterocycles. The molecule has 0 heterocycles. The summed E-state index contributed by atoms with van der Waals surface area (Å²) in [5, 5.41) is 3.77. The lowest BCUT2D eigenvalue weighted by atomic mass is 9.85.